The van der Waals surface area contributed by atoms with Gasteiger partial charge in [0.15, 0.2) is 0 Å². The van der Waals surface area contributed by atoms with Gasteiger partial charge in [0, 0.05) is 24.5 Å². The van der Waals surface area contributed by atoms with Crippen LogP contribution in [0.2, 0.25) is 0 Å². The lowest BCUT2D eigenvalue weighted by Gasteiger charge is -2.31. The number of hydrogen-bond donors (Lipinski definition) is 0. The highest BCUT2D eigenvalue weighted by Gasteiger charge is 2.31. The molecule has 4 heteroatoms. The van der Waals surface area contributed by atoms with Gasteiger partial charge in [-0.15, -0.1) is 16.7 Å². The van der Waals surface area contributed by atoms with Crippen LogP contribution in [-0.2, 0) is 7.05 Å². The van der Waals surface area contributed by atoms with Crippen LogP contribution in [0.3, 0.4) is 0 Å². The van der Waals surface area contributed by atoms with Gasteiger partial charge in [-0.25, -0.2) is 0 Å². The highest BCUT2D eigenvalue weighted by Crippen LogP contribution is 2.40. The molecule has 1 aliphatic rings. The van der Waals surface area contributed by atoms with Crippen molar-refractivity contribution < 1.29 is 0 Å². The van der Waals surface area contributed by atoms with Gasteiger partial charge in [0.2, 0.25) is 0 Å². The van der Waals surface area contributed by atoms with Crippen molar-refractivity contribution in [2.75, 3.05) is 0 Å². The third-order valence-electron chi connectivity index (χ3n) is 3.45. The van der Waals surface area contributed by atoms with Crippen LogP contribution in [0.25, 0.3) is 0 Å². The summed E-state index contributed by atoms with van der Waals surface area (Å²) in [6.07, 6.45) is 6.68. The Kier molecular flexibility index (Phi) is 3.29. The van der Waals surface area contributed by atoms with Crippen LogP contribution < -0.4 is 0 Å². The van der Waals surface area contributed by atoms with E-state index in [-0.39, 0.29) is 0 Å². The Labute approximate surface area is 95.8 Å². The lowest BCUT2D eigenvalue weighted by Crippen LogP contribution is -2.23. The van der Waals surface area contributed by atoms with Crippen LogP contribution in [0.15, 0.2) is 6.20 Å². The minimum atomic E-state index is 0.319. The third-order valence-corrected chi connectivity index (χ3v) is 3.85. The molecular formula is C11H18ClN3. The van der Waals surface area contributed by atoms with E-state index in [9.17, 15) is 0 Å². The summed E-state index contributed by atoms with van der Waals surface area (Å²) in [6, 6.07) is 0. The summed E-state index contributed by atoms with van der Waals surface area (Å²) in [5, 5.41) is 8.55. The van der Waals surface area contributed by atoms with Crippen LogP contribution in [0.5, 0.6) is 0 Å². The average molecular weight is 228 g/mol. The van der Waals surface area contributed by atoms with E-state index in [1.165, 1.54) is 12.8 Å². The first-order valence-corrected chi connectivity index (χ1v) is 6.14. The van der Waals surface area contributed by atoms with Crippen molar-refractivity contribution in [3.05, 3.63) is 11.9 Å². The maximum Gasteiger partial charge on any atom is 0.0861 e. The summed E-state index contributed by atoms with van der Waals surface area (Å²) in [6.45, 7) is 2.25. The number of alkyl halides is 1. The first kappa shape index (κ1) is 10.9. The molecule has 84 valence electrons. The van der Waals surface area contributed by atoms with Crippen molar-refractivity contribution in [2.24, 2.45) is 13.0 Å². The second-order valence-corrected chi connectivity index (χ2v) is 5.12. The van der Waals surface area contributed by atoms with Gasteiger partial charge >= 0.3 is 0 Å². The Morgan fingerprint density at radius 1 is 1.53 bits per heavy atom. The molecule has 3 unspecified atom stereocenters. The summed E-state index contributed by atoms with van der Waals surface area (Å²) in [5.74, 6) is 1.25. The molecule has 3 atom stereocenters. The first-order valence-electron chi connectivity index (χ1n) is 5.71. The third kappa shape index (κ3) is 2.33. The van der Waals surface area contributed by atoms with Crippen LogP contribution in [0.1, 0.15) is 44.2 Å². The van der Waals surface area contributed by atoms with Crippen molar-refractivity contribution >= 4 is 11.6 Å². The number of nitrogens with zero attached hydrogens (tertiary/aromatic N) is 3. The summed E-state index contributed by atoms with van der Waals surface area (Å²) < 4.78 is 1.78. The molecule has 1 heterocycles. The number of aryl methyl sites for hydroxylation is 1. The Morgan fingerprint density at radius 3 is 2.93 bits per heavy atom. The zero-order valence-electron chi connectivity index (χ0n) is 9.36. The van der Waals surface area contributed by atoms with Gasteiger partial charge in [-0.2, -0.15) is 0 Å². The van der Waals surface area contributed by atoms with Gasteiger partial charge in [0.1, 0.15) is 0 Å². The monoisotopic (exact) mass is 227 g/mol. The largest absolute Gasteiger partial charge is 0.255 e. The molecule has 0 amide bonds. The number of hydrogen-bond acceptors (Lipinski definition) is 2. The molecule has 3 nitrogen and oxygen atoms in total. The summed E-state index contributed by atoms with van der Waals surface area (Å²) >= 11 is 6.24. The maximum absolute atomic E-state index is 6.24. The fourth-order valence-corrected chi connectivity index (χ4v) is 2.89. The Hall–Kier alpha value is -0.570. The van der Waals surface area contributed by atoms with Crippen LogP contribution in [0, 0.1) is 5.92 Å². The van der Waals surface area contributed by atoms with Crippen molar-refractivity contribution in [1.82, 2.24) is 15.0 Å². The predicted molar refractivity (Wildman–Crippen MR) is 61.0 cm³/mol. The topological polar surface area (TPSA) is 30.7 Å². The fourth-order valence-electron chi connectivity index (χ4n) is 2.57. The molecule has 0 bridgehead atoms. The normalized spacial score (nSPS) is 31.8. The van der Waals surface area contributed by atoms with Gasteiger partial charge in [0.25, 0.3) is 0 Å². The van der Waals surface area contributed by atoms with Gasteiger partial charge in [-0.1, -0.05) is 18.6 Å². The molecule has 1 saturated carbocycles. The van der Waals surface area contributed by atoms with Gasteiger partial charge in [-0.3, -0.25) is 4.68 Å². The molecule has 1 aromatic rings. The van der Waals surface area contributed by atoms with E-state index in [4.69, 9.17) is 11.6 Å². The molecule has 0 aromatic carbocycles. The standard InChI is InChI=1S/C11H18ClN3/c1-3-8-4-5-9(12)6-10(8)11-7-15(2)14-13-11/h7-10H,3-6H2,1-2H3. The lowest BCUT2D eigenvalue weighted by atomic mass is 9.76. The van der Waals surface area contributed by atoms with Crippen molar-refractivity contribution in [1.29, 1.82) is 0 Å². The van der Waals surface area contributed by atoms with Gasteiger partial charge < -0.3 is 0 Å². The van der Waals surface area contributed by atoms with Crippen molar-refractivity contribution in [3.63, 3.8) is 0 Å². The van der Waals surface area contributed by atoms with Crippen LogP contribution in [-0.4, -0.2) is 20.4 Å². The predicted octanol–water partition coefficient (Wildman–Crippen LogP) is 2.72. The second-order valence-electron chi connectivity index (χ2n) is 4.50. The number of rotatable bonds is 2. The Balaban J connectivity index is 2.16. The van der Waals surface area contributed by atoms with E-state index in [0.29, 0.717) is 11.3 Å². The molecule has 1 aliphatic carbocycles. The average Bonchev–Trinajstić information content (AvgIpc) is 2.65. The summed E-state index contributed by atoms with van der Waals surface area (Å²) in [5.41, 5.74) is 1.12. The summed E-state index contributed by atoms with van der Waals surface area (Å²) in [4.78, 5) is 0. The molecule has 15 heavy (non-hydrogen) atoms. The van der Waals surface area contributed by atoms with E-state index in [2.05, 4.69) is 17.2 Å². The molecular weight excluding hydrogens is 210 g/mol. The molecule has 0 saturated heterocycles. The lowest BCUT2D eigenvalue weighted by molar-refractivity contribution is 0.298. The quantitative estimate of drug-likeness (QED) is 0.728. The molecule has 0 spiro atoms. The van der Waals surface area contributed by atoms with E-state index in [1.807, 2.05) is 13.2 Å². The smallest absolute Gasteiger partial charge is 0.0861 e. The van der Waals surface area contributed by atoms with Crippen molar-refractivity contribution in [3.8, 4) is 0 Å². The number of aromatic nitrogens is 3. The van der Waals surface area contributed by atoms with Crippen molar-refractivity contribution in [2.45, 2.75) is 43.9 Å². The minimum absolute atomic E-state index is 0.319. The minimum Gasteiger partial charge on any atom is -0.255 e. The van der Waals surface area contributed by atoms with E-state index < -0.39 is 0 Å². The van der Waals surface area contributed by atoms with Crippen LogP contribution >= 0.6 is 11.6 Å². The maximum atomic E-state index is 6.24. The molecule has 2 rings (SSSR count). The zero-order chi connectivity index (χ0) is 10.8. The highest BCUT2D eigenvalue weighted by molar-refractivity contribution is 6.20. The van der Waals surface area contributed by atoms with Gasteiger partial charge in [0.05, 0.1) is 5.69 Å². The highest BCUT2D eigenvalue weighted by atomic mass is 35.5. The second kappa shape index (κ2) is 4.52. The molecule has 1 fully saturated rings. The van der Waals surface area contributed by atoms with E-state index in [1.54, 1.807) is 4.68 Å². The SMILES string of the molecule is CCC1CCC(Cl)CC1c1cn(C)nn1. The summed E-state index contributed by atoms with van der Waals surface area (Å²) in [7, 11) is 1.92. The zero-order valence-corrected chi connectivity index (χ0v) is 10.1. The Bertz CT molecular complexity index is 323. The van der Waals surface area contributed by atoms with E-state index in [0.717, 1.165) is 24.5 Å². The van der Waals surface area contributed by atoms with E-state index >= 15 is 0 Å². The molecule has 0 N–H and O–H groups in total. The first-order chi connectivity index (χ1) is 7.20. The molecule has 1 aromatic heterocycles. The molecule has 0 aliphatic heterocycles. The molecule has 0 radical (unpaired) electrons. The number of halogens is 1. The Morgan fingerprint density at radius 2 is 2.33 bits per heavy atom. The fraction of sp³-hybridized carbons (Fsp3) is 0.818. The van der Waals surface area contributed by atoms with Crippen LogP contribution in [0.4, 0.5) is 0 Å². The van der Waals surface area contributed by atoms with Gasteiger partial charge in [-0.05, 0) is 25.2 Å².